The van der Waals surface area contributed by atoms with Crippen molar-refractivity contribution in [3.05, 3.63) is 98.5 Å². The number of Topliss-reactive ketones (excluding diaryl/α,β-unsaturated/α-hetero) is 1. The largest absolute Gasteiger partial charge is 0.493 e. The summed E-state index contributed by atoms with van der Waals surface area (Å²) < 4.78 is 11.4. The van der Waals surface area contributed by atoms with Crippen molar-refractivity contribution >= 4 is 35.1 Å². The molecule has 0 saturated heterocycles. The fraction of sp³-hybridized carbons (Fsp3) is 0.125. The maximum absolute atomic E-state index is 12.6. The maximum Gasteiger partial charge on any atom is 0.189 e. The molecule has 1 aliphatic rings. The van der Waals surface area contributed by atoms with Gasteiger partial charge in [-0.15, -0.1) is 0 Å². The van der Waals surface area contributed by atoms with Gasteiger partial charge in [-0.3, -0.25) is 4.79 Å². The predicted octanol–water partition coefficient (Wildman–Crippen LogP) is 6.40. The van der Waals surface area contributed by atoms with Gasteiger partial charge >= 0.3 is 0 Å². The van der Waals surface area contributed by atoms with Gasteiger partial charge in [0, 0.05) is 33.2 Å². The van der Waals surface area contributed by atoms with Crippen LogP contribution >= 0.6 is 23.2 Å². The van der Waals surface area contributed by atoms with Gasteiger partial charge in [0.2, 0.25) is 0 Å². The van der Waals surface area contributed by atoms with Crippen LogP contribution in [0.3, 0.4) is 0 Å². The number of ketones is 1. The zero-order valence-corrected chi connectivity index (χ0v) is 17.3. The Bertz CT molecular complexity index is 1120. The van der Waals surface area contributed by atoms with E-state index >= 15 is 0 Å². The van der Waals surface area contributed by atoms with Crippen LogP contribution in [-0.2, 0) is 13.0 Å². The smallest absolute Gasteiger partial charge is 0.189 e. The number of carbonyl (C=O) groups excluding carboxylic acids is 1. The normalized spacial score (nSPS) is 14.2. The van der Waals surface area contributed by atoms with E-state index in [1.54, 1.807) is 19.2 Å². The van der Waals surface area contributed by atoms with Crippen LogP contribution in [-0.4, -0.2) is 12.9 Å². The molecule has 0 fully saturated rings. The van der Waals surface area contributed by atoms with Gasteiger partial charge in [0.25, 0.3) is 0 Å². The highest BCUT2D eigenvalue weighted by molar-refractivity contribution is 6.35. The minimum absolute atomic E-state index is 0.0808. The van der Waals surface area contributed by atoms with Crippen LogP contribution < -0.4 is 9.47 Å². The van der Waals surface area contributed by atoms with E-state index in [0.717, 1.165) is 27.8 Å². The van der Waals surface area contributed by atoms with Crippen molar-refractivity contribution in [1.82, 2.24) is 0 Å². The van der Waals surface area contributed by atoms with E-state index < -0.39 is 0 Å². The van der Waals surface area contributed by atoms with Crippen LogP contribution in [0.5, 0.6) is 11.5 Å². The Labute approximate surface area is 179 Å². The first-order chi connectivity index (χ1) is 14.0. The first kappa shape index (κ1) is 19.6. The molecule has 0 heterocycles. The molecular formula is C24H18Cl2O3. The molecule has 3 aromatic rings. The van der Waals surface area contributed by atoms with Gasteiger partial charge in [-0.1, -0.05) is 59.6 Å². The van der Waals surface area contributed by atoms with Gasteiger partial charge in [0.05, 0.1) is 7.11 Å². The first-order valence-corrected chi connectivity index (χ1v) is 9.88. The molecule has 0 saturated carbocycles. The van der Waals surface area contributed by atoms with Crippen molar-refractivity contribution < 1.29 is 14.3 Å². The van der Waals surface area contributed by atoms with E-state index in [9.17, 15) is 4.79 Å². The summed E-state index contributed by atoms with van der Waals surface area (Å²) in [5.41, 5.74) is 4.34. The zero-order chi connectivity index (χ0) is 20.4. The lowest BCUT2D eigenvalue weighted by atomic mass is 10.1. The van der Waals surface area contributed by atoms with E-state index in [1.165, 1.54) is 0 Å². The molecule has 29 heavy (non-hydrogen) atoms. The number of rotatable bonds is 5. The highest BCUT2D eigenvalue weighted by Gasteiger charge is 2.24. The topological polar surface area (TPSA) is 35.5 Å². The number of ether oxygens (including phenoxy) is 2. The maximum atomic E-state index is 12.6. The highest BCUT2D eigenvalue weighted by atomic mass is 35.5. The summed E-state index contributed by atoms with van der Waals surface area (Å²) in [6, 6.07) is 18.6. The van der Waals surface area contributed by atoms with Gasteiger partial charge in [-0.05, 0) is 41.5 Å². The average molecular weight is 425 g/mol. The van der Waals surface area contributed by atoms with Crippen molar-refractivity contribution in [3.8, 4) is 11.5 Å². The van der Waals surface area contributed by atoms with Crippen LogP contribution in [0.25, 0.3) is 6.08 Å². The summed E-state index contributed by atoms with van der Waals surface area (Å²) in [4.78, 5) is 12.6. The number of fused-ring (bicyclic) bond motifs is 1. The standard InChI is InChI=1S/C24H18Cl2O3/c1-28-23-11-15(10-18-12-16-4-2-3-5-20(16)24(18)27)6-9-22(23)29-14-17-7-8-19(25)13-21(17)26/h2-11,13H,12,14H2,1H3/b18-10+. The summed E-state index contributed by atoms with van der Waals surface area (Å²) in [6.07, 6.45) is 2.55. The van der Waals surface area contributed by atoms with Gasteiger partial charge in [-0.25, -0.2) is 0 Å². The number of carbonyl (C=O) groups is 1. The molecule has 0 atom stereocenters. The molecule has 4 rings (SSSR count). The number of halogens is 2. The van der Waals surface area contributed by atoms with Crippen LogP contribution in [0.2, 0.25) is 10.0 Å². The van der Waals surface area contributed by atoms with Crippen molar-refractivity contribution in [2.45, 2.75) is 13.0 Å². The molecule has 146 valence electrons. The zero-order valence-electron chi connectivity index (χ0n) is 15.7. The molecule has 0 amide bonds. The number of benzene rings is 3. The molecule has 0 bridgehead atoms. The van der Waals surface area contributed by atoms with E-state index in [2.05, 4.69) is 0 Å². The molecule has 3 nitrogen and oxygen atoms in total. The highest BCUT2D eigenvalue weighted by Crippen LogP contribution is 2.33. The van der Waals surface area contributed by atoms with E-state index in [-0.39, 0.29) is 5.78 Å². The molecule has 0 radical (unpaired) electrons. The molecule has 0 N–H and O–H groups in total. The van der Waals surface area contributed by atoms with Gasteiger partial charge < -0.3 is 9.47 Å². The molecule has 5 heteroatoms. The summed E-state index contributed by atoms with van der Waals surface area (Å²) in [5.74, 6) is 1.27. The molecule has 0 aliphatic heterocycles. The first-order valence-electron chi connectivity index (χ1n) is 9.13. The predicted molar refractivity (Wildman–Crippen MR) is 116 cm³/mol. The minimum atomic E-state index is 0.0808. The Morgan fingerprint density at radius 2 is 1.83 bits per heavy atom. The van der Waals surface area contributed by atoms with E-state index in [4.69, 9.17) is 32.7 Å². The van der Waals surface area contributed by atoms with Crippen LogP contribution in [0.4, 0.5) is 0 Å². The SMILES string of the molecule is COc1cc(/C=C2\Cc3ccccc3C2=O)ccc1OCc1ccc(Cl)cc1Cl. The summed E-state index contributed by atoms with van der Waals surface area (Å²) >= 11 is 12.1. The van der Waals surface area contributed by atoms with Crippen molar-refractivity contribution in [2.75, 3.05) is 7.11 Å². The Morgan fingerprint density at radius 3 is 2.59 bits per heavy atom. The molecule has 0 spiro atoms. The molecule has 1 aliphatic carbocycles. The van der Waals surface area contributed by atoms with E-state index in [1.807, 2.05) is 54.6 Å². The third kappa shape index (κ3) is 4.16. The minimum Gasteiger partial charge on any atom is -0.493 e. The second-order valence-electron chi connectivity index (χ2n) is 6.77. The molecule has 3 aromatic carbocycles. The third-order valence-electron chi connectivity index (χ3n) is 4.86. The Morgan fingerprint density at radius 1 is 1.00 bits per heavy atom. The van der Waals surface area contributed by atoms with Crippen molar-refractivity contribution in [3.63, 3.8) is 0 Å². The molecule has 0 unspecified atom stereocenters. The second kappa shape index (κ2) is 8.32. The van der Waals surface area contributed by atoms with Gasteiger partial charge in [-0.2, -0.15) is 0 Å². The number of methoxy groups -OCH3 is 1. The fourth-order valence-corrected chi connectivity index (χ4v) is 3.82. The Balaban J connectivity index is 1.54. The second-order valence-corrected chi connectivity index (χ2v) is 7.61. The van der Waals surface area contributed by atoms with Crippen LogP contribution in [0, 0.1) is 0 Å². The van der Waals surface area contributed by atoms with E-state index in [0.29, 0.717) is 34.6 Å². The van der Waals surface area contributed by atoms with Gasteiger partial charge in [0.1, 0.15) is 6.61 Å². The lowest BCUT2D eigenvalue weighted by Gasteiger charge is -2.12. The average Bonchev–Trinajstić information content (AvgIpc) is 3.03. The third-order valence-corrected chi connectivity index (χ3v) is 5.45. The quantitative estimate of drug-likeness (QED) is 0.444. The van der Waals surface area contributed by atoms with Crippen LogP contribution in [0.15, 0.2) is 66.2 Å². The number of hydrogen-bond donors (Lipinski definition) is 0. The molecule has 0 aromatic heterocycles. The lowest BCUT2D eigenvalue weighted by molar-refractivity contribution is 0.104. The fourth-order valence-electron chi connectivity index (χ4n) is 3.36. The van der Waals surface area contributed by atoms with Crippen molar-refractivity contribution in [1.29, 1.82) is 0 Å². The Kier molecular flexibility index (Phi) is 5.61. The summed E-state index contributed by atoms with van der Waals surface area (Å²) in [5, 5.41) is 1.13. The lowest BCUT2D eigenvalue weighted by Crippen LogP contribution is -1.99. The Hall–Kier alpha value is -2.75. The van der Waals surface area contributed by atoms with Gasteiger partial charge in [0.15, 0.2) is 17.3 Å². The van der Waals surface area contributed by atoms with Crippen LogP contribution in [0.1, 0.15) is 27.0 Å². The summed E-state index contributed by atoms with van der Waals surface area (Å²) in [6.45, 7) is 0.292. The number of hydrogen-bond acceptors (Lipinski definition) is 3. The molecular weight excluding hydrogens is 407 g/mol. The number of allylic oxidation sites excluding steroid dienone is 1. The monoisotopic (exact) mass is 424 g/mol. The summed E-state index contributed by atoms with van der Waals surface area (Å²) in [7, 11) is 1.59. The van der Waals surface area contributed by atoms with Crippen molar-refractivity contribution in [2.24, 2.45) is 0 Å².